The number of benzene rings is 2. The number of carbonyl (C=O) groups is 2. The minimum absolute atomic E-state index is 0.0196. The van der Waals surface area contributed by atoms with Gasteiger partial charge in [-0.1, -0.05) is 58.0 Å². The molecule has 0 saturated carbocycles. The van der Waals surface area contributed by atoms with Crippen LogP contribution in [0.5, 0.6) is 0 Å². The summed E-state index contributed by atoms with van der Waals surface area (Å²) in [5.74, 6) is 0.112. The average molecular weight is 422 g/mol. The van der Waals surface area contributed by atoms with Crippen molar-refractivity contribution in [1.29, 1.82) is 0 Å². The Bertz CT molecular complexity index is 864. The van der Waals surface area contributed by atoms with E-state index in [-0.39, 0.29) is 23.1 Å². The minimum Gasteiger partial charge on any atom is -0.368 e. The third-order valence-electron chi connectivity index (χ3n) is 5.74. The molecule has 2 amide bonds. The summed E-state index contributed by atoms with van der Waals surface area (Å²) >= 11 is 0. The maximum atomic E-state index is 12.8. The van der Waals surface area contributed by atoms with E-state index in [1.54, 1.807) is 0 Å². The lowest BCUT2D eigenvalue weighted by molar-refractivity contribution is -0.133. The lowest BCUT2D eigenvalue weighted by atomic mass is 9.91. The number of anilines is 2. The molecule has 1 fully saturated rings. The first-order chi connectivity index (χ1) is 14.8. The van der Waals surface area contributed by atoms with E-state index < -0.39 is 0 Å². The normalized spacial score (nSPS) is 15.5. The molecule has 166 valence electrons. The predicted molar refractivity (Wildman–Crippen MR) is 127 cm³/mol. The van der Waals surface area contributed by atoms with Crippen molar-refractivity contribution in [2.24, 2.45) is 5.41 Å². The number of hydrogen-bond acceptors (Lipinski definition) is 3. The van der Waals surface area contributed by atoms with Gasteiger partial charge < -0.3 is 15.1 Å². The van der Waals surface area contributed by atoms with Gasteiger partial charge in [-0.3, -0.25) is 9.59 Å². The summed E-state index contributed by atoms with van der Waals surface area (Å²) in [6, 6.07) is 17.9. The van der Waals surface area contributed by atoms with Crippen molar-refractivity contribution in [3.05, 3.63) is 60.2 Å². The van der Waals surface area contributed by atoms with Crippen LogP contribution in [0.1, 0.15) is 52.0 Å². The highest BCUT2D eigenvalue weighted by Crippen LogP contribution is 2.25. The summed E-state index contributed by atoms with van der Waals surface area (Å²) < 4.78 is 0. The highest BCUT2D eigenvalue weighted by atomic mass is 16.2. The fraction of sp³-hybridized carbons (Fsp3) is 0.462. The van der Waals surface area contributed by atoms with Gasteiger partial charge >= 0.3 is 0 Å². The van der Waals surface area contributed by atoms with Crippen molar-refractivity contribution in [2.75, 3.05) is 36.4 Å². The Morgan fingerprint density at radius 1 is 0.935 bits per heavy atom. The maximum Gasteiger partial charge on any atom is 0.231 e. The molecule has 0 spiro atoms. The first kappa shape index (κ1) is 22.9. The number of nitrogens with zero attached hydrogens (tertiary/aromatic N) is 2. The summed E-state index contributed by atoms with van der Waals surface area (Å²) in [7, 11) is 0. The highest BCUT2D eigenvalue weighted by Gasteiger charge is 2.25. The van der Waals surface area contributed by atoms with Crippen molar-refractivity contribution in [1.82, 2.24) is 4.90 Å². The molecule has 1 aliphatic rings. The van der Waals surface area contributed by atoms with Gasteiger partial charge in [0.25, 0.3) is 0 Å². The number of piperazine rings is 1. The highest BCUT2D eigenvalue weighted by molar-refractivity contribution is 5.96. The molecule has 3 rings (SSSR count). The van der Waals surface area contributed by atoms with Gasteiger partial charge in [0.2, 0.25) is 11.8 Å². The third-order valence-corrected chi connectivity index (χ3v) is 5.74. The Morgan fingerprint density at radius 3 is 2.10 bits per heavy atom. The van der Waals surface area contributed by atoms with Crippen LogP contribution in [0.3, 0.4) is 0 Å². The molecule has 0 bridgehead atoms. The Kier molecular flexibility index (Phi) is 7.37. The zero-order valence-corrected chi connectivity index (χ0v) is 19.2. The van der Waals surface area contributed by atoms with E-state index in [4.69, 9.17) is 0 Å². The fourth-order valence-corrected chi connectivity index (χ4v) is 4.02. The van der Waals surface area contributed by atoms with E-state index in [0.29, 0.717) is 6.42 Å². The Balaban J connectivity index is 1.55. The molecular weight excluding hydrogens is 386 g/mol. The maximum absolute atomic E-state index is 12.8. The average Bonchev–Trinajstić information content (AvgIpc) is 2.74. The molecule has 0 aromatic heterocycles. The van der Waals surface area contributed by atoms with E-state index in [0.717, 1.165) is 49.5 Å². The van der Waals surface area contributed by atoms with Crippen LogP contribution < -0.4 is 10.2 Å². The zero-order valence-electron chi connectivity index (χ0n) is 19.2. The molecule has 2 aromatic carbocycles. The van der Waals surface area contributed by atoms with E-state index in [1.807, 2.05) is 66.4 Å². The van der Waals surface area contributed by atoms with Crippen molar-refractivity contribution in [3.63, 3.8) is 0 Å². The zero-order chi connectivity index (χ0) is 22.4. The molecule has 0 aliphatic carbocycles. The minimum atomic E-state index is -0.153. The molecule has 1 saturated heterocycles. The summed E-state index contributed by atoms with van der Waals surface area (Å²) in [5.41, 5.74) is 2.99. The van der Waals surface area contributed by atoms with E-state index in [1.165, 1.54) is 0 Å². The van der Waals surface area contributed by atoms with Gasteiger partial charge in [0.15, 0.2) is 0 Å². The number of nitrogens with one attached hydrogen (secondary N) is 1. The second kappa shape index (κ2) is 9.99. The molecule has 0 radical (unpaired) electrons. The second-order valence-electron chi connectivity index (χ2n) is 9.51. The summed E-state index contributed by atoms with van der Waals surface area (Å²) in [6.07, 6.45) is 1.34. The van der Waals surface area contributed by atoms with Crippen LogP contribution >= 0.6 is 0 Å². The van der Waals surface area contributed by atoms with Gasteiger partial charge in [-0.15, -0.1) is 0 Å². The largest absolute Gasteiger partial charge is 0.368 e. The fourth-order valence-electron chi connectivity index (χ4n) is 4.02. The Labute approximate surface area is 186 Å². The van der Waals surface area contributed by atoms with E-state index >= 15 is 0 Å². The van der Waals surface area contributed by atoms with Crippen LogP contribution in [0.4, 0.5) is 11.4 Å². The number of rotatable bonds is 6. The predicted octanol–water partition coefficient (Wildman–Crippen LogP) is 4.90. The Morgan fingerprint density at radius 2 is 1.55 bits per heavy atom. The van der Waals surface area contributed by atoms with Crippen molar-refractivity contribution in [2.45, 2.75) is 46.5 Å². The van der Waals surface area contributed by atoms with Gasteiger partial charge in [-0.2, -0.15) is 0 Å². The molecule has 0 unspecified atom stereocenters. The number of carbonyl (C=O) groups excluding carboxylic acids is 2. The number of amides is 2. The quantitative estimate of drug-likeness (QED) is 0.721. The second-order valence-corrected chi connectivity index (χ2v) is 9.51. The Hall–Kier alpha value is -2.82. The summed E-state index contributed by atoms with van der Waals surface area (Å²) in [6.45, 7) is 11.5. The van der Waals surface area contributed by atoms with Crippen LogP contribution in [0.2, 0.25) is 0 Å². The van der Waals surface area contributed by atoms with Gasteiger partial charge in [0, 0.05) is 44.0 Å². The molecular formula is C26H35N3O2. The lowest BCUT2D eigenvalue weighted by Crippen LogP contribution is -2.49. The first-order valence-corrected chi connectivity index (χ1v) is 11.3. The van der Waals surface area contributed by atoms with Crippen LogP contribution in [-0.4, -0.2) is 42.9 Å². The standard InChI is InChI=1S/C26H35N3O2/c1-5-23(20-9-7-6-8-10-20)25(31)27-21-11-13-22(14-12-21)28-15-17-29(18-16-28)24(30)19-26(2,3)4/h6-14,23H,5,15-19H2,1-4H3,(H,27,31)/t23-/m0/s1. The molecule has 31 heavy (non-hydrogen) atoms. The molecule has 1 atom stereocenters. The topological polar surface area (TPSA) is 52.7 Å². The SMILES string of the molecule is CC[C@H](C(=O)Nc1ccc(N2CCN(C(=O)CC(C)(C)C)CC2)cc1)c1ccccc1. The van der Waals surface area contributed by atoms with Crippen molar-refractivity contribution < 1.29 is 9.59 Å². The number of hydrogen-bond donors (Lipinski definition) is 1. The molecule has 1 aliphatic heterocycles. The summed E-state index contributed by atoms with van der Waals surface area (Å²) in [5, 5.41) is 3.05. The summed E-state index contributed by atoms with van der Waals surface area (Å²) in [4.78, 5) is 29.5. The first-order valence-electron chi connectivity index (χ1n) is 11.3. The molecule has 5 heteroatoms. The van der Waals surface area contributed by atoms with E-state index in [2.05, 4.69) is 31.0 Å². The van der Waals surface area contributed by atoms with E-state index in [9.17, 15) is 9.59 Å². The van der Waals surface area contributed by atoms with Gasteiger partial charge in [0.1, 0.15) is 0 Å². The molecule has 1 N–H and O–H groups in total. The monoisotopic (exact) mass is 421 g/mol. The molecule has 1 heterocycles. The van der Waals surface area contributed by atoms with Gasteiger partial charge in [0.05, 0.1) is 5.92 Å². The third kappa shape index (κ3) is 6.33. The van der Waals surface area contributed by atoms with Crippen LogP contribution in [0, 0.1) is 5.41 Å². The van der Waals surface area contributed by atoms with Crippen LogP contribution in [0.25, 0.3) is 0 Å². The van der Waals surface area contributed by atoms with Gasteiger partial charge in [-0.25, -0.2) is 0 Å². The molecule has 5 nitrogen and oxygen atoms in total. The smallest absolute Gasteiger partial charge is 0.231 e. The van der Waals surface area contributed by atoms with Crippen LogP contribution in [-0.2, 0) is 9.59 Å². The van der Waals surface area contributed by atoms with Crippen molar-refractivity contribution >= 4 is 23.2 Å². The van der Waals surface area contributed by atoms with Gasteiger partial charge in [-0.05, 0) is 41.7 Å². The van der Waals surface area contributed by atoms with Crippen LogP contribution in [0.15, 0.2) is 54.6 Å². The van der Waals surface area contributed by atoms with Crippen molar-refractivity contribution in [3.8, 4) is 0 Å². The lowest BCUT2D eigenvalue weighted by Gasteiger charge is -2.37. The molecule has 2 aromatic rings.